The summed E-state index contributed by atoms with van der Waals surface area (Å²) in [6.07, 6.45) is 2.19. The fraction of sp³-hybridized carbons (Fsp3) is 0.571. The Kier molecular flexibility index (Phi) is 5.33. The molecule has 2 N–H and O–H groups in total. The summed E-state index contributed by atoms with van der Waals surface area (Å²) in [4.78, 5) is 0. The summed E-state index contributed by atoms with van der Waals surface area (Å²) < 4.78 is 0. The fourth-order valence-electron chi connectivity index (χ4n) is 1.92. The maximum atomic E-state index is 9.17. The molecule has 0 amide bonds. The van der Waals surface area contributed by atoms with Gasteiger partial charge in [0.1, 0.15) is 5.75 Å². The molecule has 1 atom stereocenters. The third kappa shape index (κ3) is 4.23. The summed E-state index contributed by atoms with van der Waals surface area (Å²) >= 11 is 0. The molecule has 0 heterocycles. The van der Waals surface area contributed by atoms with E-state index in [-0.39, 0.29) is 0 Å². The van der Waals surface area contributed by atoms with Crippen LogP contribution >= 0.6 is 0 Å². The quantitative estimate of drug-likeness (QED) is 0.774. The van der Waals surface area contributed by atoms with Crippen LogP contribution in [0.5, 0.6) is 5.75 Å². The Morgan fingerprint density at radius 2 is 1.81 bits per heavy atom. The molecule has 2 nitrogen and oxygen atoms in total. The number of rotatable bonds is 6. The molecule has 0 aliphatic carbocycles. The molecule has 1 rings (SSSR count). The summed E-state index contributed by atoms with van der Waals surface area (Å²) in [6, 6.07) is 8.06. The SMILES string of the molecule is CCC(NCCc1ccc(O)cc1)C(C)C. The Balaban J connectivity index is 2.32. The van der Waals surface area contributed by atoms with Crippen LogP contribution in [0.25, 0.3) is 0 Å². The molecule has 0 aliphatic rings. The van der Waals surface area contributed by atoms with E-state index in [1.807, 2.05) is 12.1 Å². The molecule has 1 unspecified atom stereocenters. The second-order valence-electron chi connectivity index (χ2n) is 4.63. The molecule has 0 spiro atoms. The lowest BCUT2D eigenvalue weighted by Gasteiger charge is -2.20. The lowest BCUT2D eigenvalue weighted by molar-refractivity contribution is 0.391. The van der Waals surface area contributed by atoms with Crippen molar-refractivity contribution in [2.24, 2.45) is 5.92 Å². The van der Waals surface area contributed by atoms with Gasteiger partial charge in [0.05, 0.1) is 0 Å². The average molecular weight is 221 g/mol. The maximum absolute atomic E-state index is 9.17. The van der Waals surface area contributed by atoms with Gasteiger partial charge in [0.15, 0.2) is 0 Å². The van der Waals surface area contributed by atoms with Gasteiger partial charge in [-0.1, -0.05) is 32.9 Å². The highest BCUT2D eigenvalue weighted by Crippen LogP contribution is 2.10. The van der Waals surface area contributed by atoms with Crippen LogP contribution in [0, 0.1) is 5.92 Å². The normalized spacial score (nSPS) is 13.0. The van der Waals surface area contributed by atoms with Gasteiger partial charge >= 0.3 is 0 Å². The van der Waals surface area contributed by atoms with Crippen molar-refractivity contribution in [3.63, 3.8) is 0 Å². The first-order valence-electron chi connectivity index (χ1n) is 6.14. The molecule has 0 aromatic heterocycles. The van der Waals surface area contributed by atoms with Crippen molar-refractivity contribution in [3.8, 4) is 5.75 Å². The van der Waals surface area contributed by atoms with Crippen LogP contribution in [0.4, 0.5) is 0 Å². The van der Waals surface area contributed by atoms with Gasteiger partial charge in [0, 0.05) is 6.04 Å². The molecule has 0 radical (unpaired) electrons. The summed E-state index contributed by atoms with van der Waals surface area (Å²) in [7, 11) is 0. The van der Waals surface area contributed by atoms with Crippen LogP contribution in [0.1, 0.15) is 32.8 Å². The van der Waals surface area contributed by atoms with Crippen molar-refractivity contribution < 1.29 is 5.11 Å². The summed E-state index contributed by atoms with van der Waals surface area (Å²) in [5.41, 5.74) is 1.27. The van der Waals surface area contributed by atoms with E-state index < -0.39 is 0 Å². The minimum atomic E-state index is 0.338. The monoisotopic (exact) mass is 221 g/mol. The van der Waals surface area contributed by atoms with Crippen LogP contribution in [0.3, 0.4) is 0 Å². The number of aromatic hydroxyl groups is 1. The van der Waals surface area contributed by atoms with E-state index in [1.54, 1.807) is 12.1 Å². The van der Waals surface area contributed by atoms with E-state index >= 15 is 0 Å². The topological polar surface area (TPSA) is 32.3 Å². The lowest BCUT2D eigenvalue weighted by Crippen LogP contribution is -2.34. The summed E-state index contributed by atoms with van der Waals surface area (Å²) in [5, 5.41) is 12.7. The highest BCUT2D eigenvalue weighted by molar-refractivity contribution is 5.25. The van der Waals surface area contributed by atoms with E-state index in [1.165, 1.54) is 12.0 Å². The molecule has 1 aromatic carbocycles. The van der Waals surface area contributed by atoms with E-state index in [2.05, 4.69) is 26.1 Å². The van der Waals surface area contributed by atoms with Gasteiger partial charge in [-0.05, 0) is 43.0 Å². The molecular formula is C14H23NO. The minimum Gasteiger partial charge on any atom is -0.508 e. The molecule has 16 heavy (non-hydrogen) atoms. The first-order chi connectivity index (χ1) is 7.63. The van der Waals surface area contributed by atoms with E-state index in [9.17, 15) is 0 Å². The van der Waals surface area contributed by atoms with Crippen molar-refractivity contribution in [1.29, 1.82) is 0 Å². The van der Waals surface area contributed by atoms with Crippen LogP contribution in [-0.4, -0.2) is 17.7 Å². The zero-order valence-corrected chi connectivity index (χ0v) is 10.5. The smallest absolute Gasteiger partial charge is 0.115 e. The molecule has 90 valence electrons. The Labute approximate surface area is 98.7 Å². The van der Waals surface area contributed by atoms with E-state index in [0.29, 0.717) is 17.7 Å². The Morgan fingerprint density at radius 1 is 1.19 bits per heavy atom. The first kappa shape index (κ1) is 13.0. The third-order valence-electron chi connectivity index (χ3n) is 3.00. The third-order valence-corrected chi connectivity index (χ3v) is 3.00. The molecule has 1 aromatic rings. The van der Waals surface area contributed by atoms with E-state index in [0.717, 1.165) is 13.0 Å². The van der Waals surface area contributed by atoms with Gasteiger partial charge < -0.3 is 10.4 Å². The minimum absolute atomic E-state index is 0.338. The first-order valence-corrected chi connectivity index (χ1v) is 6.14. The van der Waals surface area contributed by atoms with Crippen molar-refractivity contribution in [2.45, 2.75) is 39.7 Å². The van der Waals surface area contributed by atoms with Gasteiger partial charge in [-0.3, -0.25) is 0 Å². The van der Waals surface area contributed by atoms with Crippen LogP contribution in [0.15, 0.2) is 24.3 Å². The number of nitrogens with one attached hydrogen (secondary N) is 1. The zero-order chi connectivity index (χ0) is 12.0. The largest absolute Gasteiger partial charge is 0.508 e. The molecule has 0 aliphatic heterocycles. The number of hydrogen-bond acceptors (Lipinski definition) is 2. The lowest BCUT2D eigenvalue weighted by atomic mass is 10.0. The standard InChI is InChI=1S/C14H23NO/c1-4-14(11(2)3)15-10-9-12-5-7-13(16)8-6-12/h5-8,11,14-16H,4,9-10H2,1-3H3. The molecule has 0 bridgehead atoms. The zero-order valence-electron chi connectivity index (χ0n) is 10.5. The number of benzene rings is 1. The van der Waals surface area contributed by atoms with Crippen molar-refractivity contribution >= 4 is 0 Å². The molecular weight excluding hydrogens is 198 g/mol. The highest BCUT2D eigenvalue weighted by atomic mass is 16.3. The number of hydrogen-bond donors (Lipinski definition) is 2. The Morgan fingerprint density at radius 3 is 2.31 bits per heavy atom. The Hall–Kier alpha value is -1.02. The van der Waals surface area contributed by atoms with Crippen LogP contribution < -0.4 is 5.32 Å². The van der Waals surface area contributed by atoms with Gasteiger partial charge in [-0.2, -0.15) is 0 Å². The predicted octanol–water partition coefficient (Wildman–Crippen LogP) is 2.96. The second-order valence-corrected chi connectivity index (χ2v) is 4.63. The number of phenolic OH excluding ortho intramolecular Hbond substituents is 1. The molecule has 0 fully saturated rings. The van der Waals surface area contributed by atoms with Gasteiger partial charge in [-0.15, -0.1) is 0 Å². The summed E-state index contributed by atoms with van der Waals surface area (Å²) in [5.74, 6) is 1.02. The van der Waals surface area contributed by atoms with Gasteiger partial charge in [-0.25, -0.2) is 0 Å². The molecule has 2 heteroatoms. The molecule has 0 saturated heterocycles. The van der Waals surface area contributed by atoms with Gasteiger partial charge in [0.2, 0.25) is 0 Å². The second kappa shape index (κ2) is 6.54. The predicted molar refractivity (Wildman–Crippen MR) is 68.7 cm³/mol. The average Bonchev–Trinajstić information content (AvgIpc) is 2.26. The maximum Gasteiger partial charge on any atom is 0.115 e. The highest BCUT2D eigenvalue weighted by Gasteiger charge is 2.09. The number of phenols is 1. The summed E-state index contributed by atoms with van der Waals surface area (Å²) in [6.45, 7) is 7.73. The Bertz CT molecular complexity index is 292. The van der Waals surface area contributed by atoms with Crippen molar-refractivity contribution in [3.05, 3.63) is 29.8 Å². The van der Waals surface area contributed by atoms with Crippen molar-refractivity contribution in [1.82, 2.24) is 5.32 Å². The van der Waals surface area contributed by atoms with E-state index in [4.69, 9.17) is 5.11 Å². The van der Waals surface area contributed by atoms with Gasteiger partial charge in [0.25, 0.3) is 0 Å². The van der Waals surface area contributed by atoms with Crippen LogP contribution in [-0.2, 0) is 6.42 Å². The fourth-order valence-corrected chi connectivity index (χ4v) is 1.92. The molecule has 0 saturated carbocycles. The van der Waals surface area contributed by atoms with Crippen LogP contribution in [0.2, 0.25) is 0 Å². The van der Waals surface area contributed by atoms with Crippen molar-refractivity contribution in [2.75, 3.05) is 6.54 Å².